The monoisotopic (exact) mass is 446 g/mol. The van der Waals surface area contributed by atoms with Crippen LogP contribution in [-0.4, -0.2) is 76.0 Å². The average Bonchev–Trinajstić information content (AvgIpc) is 2.72. The normalized spacial score (nSPS) is 11.0. The van der Waals surface area contributed by atoms with Gasteiger partial charge in [0.1, 0.15) is 0 Å². The van der Waals surface area contributed by atoms with Crippen molar-refractivity contribution in [3.8, 4) is 0 Å². The van der Waals surface area contributed by atoms with Crippen LogP contribution in [0.5, 0.6) is 0 Å². The van der Waals surface area contributed by atoms with Crippen LogP contribution in [0, 0.1) is 0 Å². The predicted octanol–water partition coefficient (Wildman–Crippen LogP) is 3.07. The van der Waals surface area contributed by atoms with Gasteiger partial charge in [0.05, 0.1) is 11.1 Å². The Morgan fingerprint density at radius 1 is 0.700 bits per heavy atom. The molecule has 0 heterocycles. The standard InChI is InChI=1S/C22H30N4O2S2/c1-25(2)15-13-23-21(27)17-9-5-7-11-19(17)29-30-20-12-8-6-10-18(20)22(28)24-14-16-26(3)4/h5-12H,13-16H2,1-4H3,(H,23,27)(H,24,28). The van der Waals surface area contributed by atoms with E-state index in [9.17, 15) is 9.59 Å². The maximum atomic E-state index is 12.6. The van der Waals surface area contributed by atoms with Crippen molar-refractivity contribution in [2.75, 3.05) is 54.4 Å². The van der Waals surface area contributed by atoms with E-state index >= 15 is 0 Å². The number of benzene rings is 2. The summed E-state index contributed by atoms with van der Waals surface area (Å²) in [5.41, 5.74) is 1.28. The number of rotatable bonds is 11. The van der Waals surface area contributed by atoms with Gasteiger partial charge in [-0.1, -0.05) is 45.9 Å². The summed E-state index contributed by atoms with van der Waals surface area (Å²) in [6.45, 7) is 2.75. The van der Waals surface area contributed by atoms with Crippen LogP contribution in [0.2, 0.25) is 0 Å². The maximum absolute atomic E-state index is 12.6. The van der Waals surface area contributed by atoms with Crippen molar-refractivity contribution < 1.29 is 9.59 Å². The van der Waals surface area contributed by atoms with E-state index in [1.807, 2.05) is 86.5 Å². The van der Waals surface area contributed by atoms with Gasteiger partial charge in [-0.15, -0.1) is 0 Å². The van der Waals surface area contributed by atoms with Crippen LogP contribution in [0.3, 0.4) is 0 Å². The van der Waals surface area contributed by atoms with E-state index in [0.717, 1.165) is 22.9 Å². The molecule has 162 valence electrons. The van der Waals surface area contributed by atoms with Crippen molar-refractivity contribution in [2.45, 2.75) is 9.79 Å². The molecule has 30 heavy (non-hydrogen) atoms. The zero-order valence-corrected chi connectivity index (χ0v) is 19.6. The van der Waals surface area contributed by atoms with Crippen molar-refractivity contribution in [3.05, 3.63) is 59.7 Å². The Balaban J connectivity index is 2.04. The fraction of sp³-hybridized carbons (Fsp3) is 0.364. The topological polar surface area (TPSA) is 64.7 Å². The summed E-state index contributed by atoms with van der Waals surface area (Å²) in [5.74, 6) is -0.175. The van der Waals surface area contributed by atoms with Crippen molar-refractivity contribution in [3.63, 3.8) is 0 Å². The van der Waals surface area contributed by atoms with Crippen molar-refractivity contribution in [2.24, 2.45) is 0 Å². The molecule has 0 atom stereocenters. The molecule has 0 saturated heterocycles. The van der Waals surface area contributed by atoms with Crippen LogP contribution in [0.25, 0.3) is 0 Å². The lowest BCUT2D eigenvalue weighted by Gasteiger charge is -2.13. The summed E-state index contributed by atoms with van der Waals surface area (Å²) in [7, 11) is 10.9. The molecule has 0 aliphatic rings. The number of hydrogen-bond acceptors (Lipinski definition) is 6. The molecular weight excluding hydrogens is 416 g/mol. The van der Waals surface area contributed by atoms with E-state index in [1.54, 1.807) is 0 Å². The van der Waals surface area contributed by atoms with E-state index in [4.69, 9.17) is 0 Å². The van der Waals surface area contributed by atoms with Crippen LogP contribution in [-0.2, 0) is 0 Å². The number of carbonyl (C=O) groups excluding carboxylic acids is 2. The fourth-order valence-corrected chi connectivity index (χ4v) is 4.88. The van der Waals surface area contributed by atoms with Crippen LogP contribution in [0.4, 0.5) is 0 Å². The lowest BCUT2D eigenvalue weighted by Crippen LogP contribution is -2.31. The van der Waals surface area contributed by atoms with Crippen LogP contribution < -0.4 is 10.6 Å². The van der Waals surface area contributed by atoms with Crippen molar-refractivity contribution in [1.29, 1.82) is 0 Å². The molecule has 0 spiro atoms. The van der Waals surface area contributed by atoms with Gasteiger partial charge in [-0.25, -0.2) is 0 Å². The number of carbonyl (C=O) groups is 2. The quantitative estimate of drug-likeness (QED) is 0.517. The Kier molecular flexibility index (Phi) is 10.2. The van der Waals surface area contributed by atoms with E-state index in [2.05, 4.69) is 10.6 Å². The van der Waals surface area contributed by atoms with Crippen LogP contribution in [0.15, 0.2) is 58.3 Å². The first kappa shape index (κ1) is 24.3. The smallest absolute Gasteiger partial charge is 0.252 e. The van der Waals surface area contributed by atoms with Gasteiger partial charge >= 0.3 is 0 Å². The molecule has 8 heteroatoms. The third-order valence-corrected chi connectivity index (χ3v) is 6.66. The van der Waals surface area contributed by atoms with E-state index < -0.39 is 0 Å². The molecule has 2 amide bonds. The van der Waals surface area contributed by atoms with Gasteiger partial charge in [-0.2, -0.15) is 0 Å². The summed E-state index contributed by atoms with van der Waals surface area (Å²) in [6, 6.07) is 15.1. The highest BCUT2D eigenvalue weighted by molar-refractivity contribution is 8.76. The van der Waals surface area contributed by atoms with E-state index in [-0.39, 0.29) is 11.8 Å². The van der Waals surface area contributed by atoms with Gasteiger partial charge in [-0.3, -0.25) is 9.59 Å². The maximum Gasteiger partial charge on any atom is 0.252 e. The summed E-state index contributed by atoms with van der Waals surface area (Å²) < 4.78 is 0. The highest BCUT2D eigenvalue weighted by Crippen LogP contribution is 2.40. The van der Waals surface area contributed by atoms with Gasteiger partial charge in [0, 0.05) is 36.0 Å². The minimum absolute atomic E-state index is 0.0877. The molecule has 2 rings (SSSR count). The SMILES string of the molecule is CN(C)CCNC(=O)c1ccccc1SSc1ccccc1C(=O)NCCN(C)C. The molecule has 6 nitrogen and oxygen atoms in total. The molecule has 0 radical (unpaired) electrons. The van der Waals surface area contributed by atoms with Gasteiger partial charge in [0.25, 0.3) is 11.8 Å². The Morgan fingerprint density at radius 2 is 1.07 bits per heavy atom. The van der Waals surface area contributed by atoms with E-state index in [0.29, 0.717) is 24.2 Å². The number of likely N-dealkylation sites (N-methyl/N-ethyl adjacent to an activating group) is 2. The van der Waals surface area contributed by atoms with Crippen molar-refractivity contribution >= 4 is 33.4 Å². The van der Waals surface area contributed by atoms with E-state index in [1.165, 1.54) is 21.6 Å². The first-order valence-electron chi connectivity index (χ1n) is 9.77. The first-order valence-corrected chi connectivity index (χ1v) is 11.9. The molecule has 0 aliphatic carbocycles. The molecule has 0 aliphatic heterocycles. The predicted molar refractivity (Wildman–Crippen MR) is 126 cm³/mol. The zero-order valence-electron chi connectivity index (χ0n) is 18.0. The van der Waals surface area contributed by atoms with Gasteiger partial charge in [0.15, 0.2) is 0 Å². The first-order chi connectivity index (χ1) is 14.4. The molecule has 0 bridgehead atoms. The molecular formula is C22H30N4O2S2. The number of hydrogen-bond donors (Lipinski definition) is 2. The van der Waals surface area contributed by atoms with Gasteiger partial charge in [-0.05, 0) is 52.5 Å². The largest absolute Gasteiger partial charge is 0.351 e. The summed E-state index contributed by atoms with van der Waals surface area (Å²) in [4.78, 5) is 31.0. The molecule has 0 saturated carbocycles. The van der Waals surface area contributed by atoms with Crippen molar-refractivity contribution in [1.82, 2.24) is 20.4 Å². The highest BCUT2D eigenvalue weighted by atomic mass is 33.1. The second kappa shape index (κ2) is 12.6. The van der Waals surface area contributed by atoms with Crippen LogP contribution >= 0.6 is 21.6 Å². The number of amides is 2. The molecule has 0 aromatic heterocycles. The third-order valence-electron chi connectivity index (χ3n) is 4.17. The average molecular weight is 447 g/mol. The summed E-state index contributed by atoms with van der Waals surface area (Å²) in [5, 5.41) is 5.92. The van der Waals surface area contributed by atoms with Crippen LogP contribution in [0.1, 0.15) is 20.7 Å². The molecule has 2 aromatic carbocycles. The summed E-state index contributed by atoms with van der Waals surface area (Å²) in [6.07, 6.45) is 0. The third kappa shape index (κ3) is 8.02. The Labute approximate surface area is 187 Å². The lowest BCUT2D eigenvalue weighted by atomic mass is 10.2. The highest BCUT2D eigenvalue weighted by Gasteiger charge is 2.15. The second-order valence-electron chi connectivity index (χ2n) is 7.28. The fourth-order valence-electron chi connectivity index (χ4n) is 2.52. The molecule has 0 unspecified atom stereocenters. The van der Waals surface area contributed by atoms with Gasteiger partial charge in [0.2, 0.25) is 0 Å². The Hall–Kier alpha value is -2.00. The molecule has 2 aromatic rings. The number of nitrogens with zero attached hydrogens (tertiary/aromatic N) is 2. The minimum Gasteiger partial charge on any atom is -0.351 e. The molecule has 2 N–H and O–H groups in total. The van der Waals surface area contributed by atoms with Gasteiger partial charge < -0.3 is 20.4 Å². The lowest BCUT2D eigenvalue weighted by molar-refractivity contribution is 0.0940. The number of nitrogens with one attached hydrogen (secondary N) is 2. The minimum atomic E-state index is -0.0877. The zero-order chi connectivity index (χ0) is 21.9. The second-order valence-corrected chi connectivity index (χ2v) is 9.49. The summed E-state index contributed by atoms with van der Waals surface area (Å²) >= 11 is 0. The molecule has 0 fully saturated rings. The Morgan fingerprint density at radius 3 is 1.43 bits per heavy atom. The Bertz CT molecular complexity index is 774.